The topological polar surface area (TPSA) is 8.17 Å². The molecule has 1 aliphatic heterocycles. The van der Waals surface area contributed by atoms with Gasteiger partial charge in [-0.3, -0.25) is 4.90 Å². The van der Waals surface area contributed by atoms with Gasteiger partial charge in [0.05, 0.1) is 6.04 Å². The smallest absolute Gasteiger partial charge is 0.161 e. The molecule has 0 amide bonds. The van der Waals surface area contributed by atoms with Crippen LogP contribution in [0.2, 0.25) is 0 Å². The van der Waals surface area contributed by atoms with Gasteiger partial charge < -0.3 is 4.57 Å². The fourth-order valence-corrected chi connectivity index (χ4v) is 3.74. The summed E-state index contributed by atoms with van der Waals surface area (Å²) in [5, 5.41) is 0. The lowest BCUT2D eigenvalue weighted by atomic mass is 10.00. The molecule has 1 aliphatic rings. The predicted octanol–water partition coefficient (Wildman–Crippen LogP) is 5.04. The quantitative estimate of drug-likeness (QED) is 0.461. The molecule has 140 valence electrons. The Labute approximate surface area is 154 Å². The van der Waals surface area contributed by atoms with Crippen molar-refractivity contribution in [2.45, 2.75) is 25.6 Å². The minimum Gasteiger partial charge on any atom is -0.350 e. The molecule has 0 N–H and O–H groups in total. The van der Waals surface area contributed by atoms with E-state index < -0.39 is 23.5 Å². The third-order valence-electron chi connectivity index (χ3n) is 4.99. The van der Waals surface area contributed by atoms with Crippen molar-refractivity contribution < 1.29 is 17.6 Å². The van der Waals surface area contributed by atoms with E-state index in [4.69, 9.17) is 0 Å². The van der Waals surface area contributed by atoms with E-state index in [2.05, 4.69) is 0 Å². The van der Waals surface area contributed by atoms with Gasteiger partial charge in [0.25, 0.3) is 0 Å². The van der Waals surface area contributed by atoms with Gasteiger partial charge in [-0.1, -0.05) is 12.1 Å². The molecule has 2 aromatic carbocycles. The van der Waals surface area contributed by atoms with E-state index >= 15 is 0 Å². The molecule has 0 bridgehead atoms. The molecule has 0 saturated carbocycles. The number of nitrogens with zero attached hydrogens (tertiary/aromatic N) is 2. The first-order chi connectivity index (χ1) is 13.0. The highest BCUT2D eigenvalue weighted by Gasteiger charge is 2.30. The molecule has 1 atom stereocenters. The Hall–Kier alpha value is -2.60. The summed E-state index contributed by atoms with van der Waals surface area (Å²) in [6.07, 6.45) is 2.73. The number of hydrogen-bond donors (Lipinski definition) is 0. The van der Waals surface area contributed by atoms with Crippen LogP contribution in [-0.2, 0) is 13.1 Å². The number of benzene rings is 2. The number of rotatable bonds is 3. The molecule has 2 heterocycles. The molecule has 0 unspecified atom stereocenters. The minimum atomic E-state index is -1.20. The van der Waals surface area contributed by atoms with Gasteiger partial charge >= 0.3 is 0 Å². The van der Waals surface area contributed by atoms with Crippen molar-refractivity contribution >= 4 is 0 Å². The molecule has 0 spiro atoms. The highest BCUT2D eigenvalue weighted by Crippen LogP contribution is 2.35. The zero-order valence-electron chi connectivity index (χ0n) is 14.5. The molecule has 0 fully saturated rings. The van der Waals surface area contributed by atoms with Crippen molar-refractivity contribution in [1.82, 2.24) is 9.47 Å². The van der Waals surface area contributed by atoms with Crippen LogP contribution >= 0.6 is 0 Å². The second-order valence-corrected chi connectivity index (χ2v) is 6.77. The maximum absolute atomic E-state index is 14.6. The minimum absolute atomic E-state index is 0.0952. The zero-order chi connectivity index (χ0) is 19.0. The fraction of sp³-hybridized carbons (Fsp3) is 0.238. The standard InChI is InChI=1S/C21H18F4N2/c22-15-6-4-14(5-7-15)13-27-10-2-9-26-8-1-3-20(26)21(27)16-11-18(24)19(25)12-17(16)23/h1,3-8,11-12,21H,2,9-10,13H2/t21-/m1/s1. The third-order valence-corrected chi connectivity index (χ3v) is 4.99. The Balaban J connectivity index is 1.79. The van der Waals surface area contributed by atoms with Gasteiger partial charge in [0.1, 0.15) is 11.6 Å². The van der Waals surface area contributed by atoms with Gasteiger partial charge in [0.2, 0.25) is 0 Å². The summed E-state index contributed by atoms with van der Waals surface area (Å²) in [6.45, 7) is 1.83. The van der Waals surface area contributed by atoms with Crippen molar-refractivity contribution in [2.24, 2.45) is 0 Å². The SMILES string of the molecule is Fc1ccc(CN2CCCn3cccc3[C@H]2c2cc(F)c(F)cc2F)cc1. The van der Waals surface area contributed by atoms with Gasteiger partial charge in [-0.15, -0.1) is 0 Å². The monoisotopic (exact) mass is 374 g/mol. The van der Waals surface area contributed by atoms with Crippen LogP contribution in [-0.4, -0.2) is 16.0 Å². The van der Waals surface area contributed by atoms with Crippen LogP contribution in [0.15, 0.2) is 54.7 Å². The lowest BCUT2D eigenvalue weighted by Crippen LogP contribution is -2.30. The summed E-state index contributed by atoms with van der Waals surface area (Å²) in [5.74, 6) is -3.38. The van der Waals surface area contributed by atoms with E-state index in [-0.39, 0.29) is 11.4 Å². The van der Waals surface area contributed by atoms with Gasteiger partial charge in [-0.2, -0.15) is 0 Å². The van der Waals surface area contributed by atoms with Crippen LogP contribution in [0.4, 0.5) is 17.6 Å². The first-order valence-corrected chi connectivity index (χ1v) is 8.81. The largest absolute Gasteiger partial charge is 0.350 e. The summed E-state index contributed by atoms with van der Waals surface area (Å²) in [7, 11) is 0. The van der Waals surface area contributed by atoms with Crippen LogP contribution in [0.1, 0.15) is 29.3 Å². The van der Waals surface area contributed by atoms with E-state index in [1.807, 2.05) is 27.8 Å². The average molecular weight is 374 g/mol. The zero-order valence-corrected chi connectivity index (χ0v) is 14.5. The second-order valence-electron chi connectivity index (χ2n) is 6.77. The van der Waals surface area contributed by atoms with Crippen molar-refractivity contribution in [1.29, 1.82) is 0 Å². The third kappa shape index (κ3) is 3.49. The van der Waals surface area contributed by atoms with Gasteiger partial charge in [-0.25, -0.2) is 17.6 Å². The molecule has 2 nitrogen and oxygen atoms in total. The van der Waals surface area contributed by atoms with Crippen molar-refractivity contribution in [2.75, 3.05) is 6.54 Å². The van der Waals surface area contributed by atoms with Crippen LogP contribution in [0.25, 0.3) is 0 Å². The van der Waals surface area contributed by atoms with Crippen LogP contribution in [0.3, 0.4) is 0 Å². The van der Waals surface area contributed by atoms with E-state index in [1.165, 1.54) is 12.1 Å². The molecular weight excluding hydrogens is 356 g/mol. The van der Waals surface area contributed by atoms with E-state index in [0.717, 1.165) is 30.3 Å². The summed E-state index contributed by atoms with van der Waals surface area (Å²) >= 11 is 0. The Morgan fingerprint density at radius 3 is 2.37 bits per heavy atom. The lowest BCUT2D eigenvalue weighted by molar-refractivity contribution is 0.215. The maximum atomic E-state index is 14.6. The normalized spacial score (nSPS) is 17.6. The van der Waals surface area contributed by atoms with Gasteiger partial charge in [-0.05, 0) is 42.3 Å². The molecule has 3 aromatic rings. The summed E-state index contributed by atoms with van der Waals surface area (Å²) in [4.78, 5) is 2.02. The molecular formula is C21H18F4N2. The maximum Gasteiger partial charge on any atom is 0.161 e. The van der Waals surface area contributed by atoms with E-state index in [0.29, 0.717) is 19.2 Å². The van der Waals surface area contributed by atoms with Crippen LogP contribution < -0.4 is 0 Å². The molecule has 27 heavy (non-hydrogen) atoms. The summed E-state index contributed by atoms with van der Waals surface area (Å²) in [6, 6.07) is 10.8. The first-order valence-electron chi connectivity index (χ1n) is 8.81. The fourth-order valence-electron chi connectivity index (χ4n) is 3.74. The molecule has 4 rings (SSSR count). The molecule has 0 saturated heterocycles. The Morgan fingerprint density at radius 1 is 0.852 bits per heavy atom. The number of hydrogen-bond acceptors (Lipinski definition) is 1. The summed E-state index contributed by atoms with van der Waals surface area (Å²) < 4.78 is 57.2. The Bertz CT molecular complexity index is 949. The molecule has 6 heteroatoms. The summed E-state index contributed by atoms with van der Waals surface area (Å²) in [5.41, 5.74) is 1.78. The average Bonchev–Trinajstić information content (AvgIpc) is 3.03. The highest BCUT2D eigenvalue weighted by molar-refractivity contribution is 5.32. The predicted molar refractivity (Wildman–Crippen MR) is 94.0 cm³/mol. The van der Waals surface area contributed by atoms with Gasteiger partial charge in [0, 0.05) is 43.2 Å². The van der Waals surface area contributed by atoms with Crippen LogP contribution in [0, 0.1) is 23.3 Å². The Kier molecular flexibility index (Phi) is 4.74. The van der Waals surface area contributed by atoms with Crippen LogP contribution in [0.5, 0.6) is 0 Å². The highest BCUT2D eigenvalue weighted by atomic mass is 19.2. The van der Waals surface area contributed by atoms with Gasteiger partial charge in [0.15, 0.2) is 11.6 Å². The molecule has 0 aliphatic carbocycles. The molecule has 0 radical (unpaired) electrons. The first kappa shape index (κ1) is 17.8. The van der Waals surface area contributed by atoms with E-state index in [1.54, 1.807) is 12.1 Å². The Morgan fingerprint density at radius 2 is 1.59 bits per heavy atom. The number of aryl methyl sites for hydroxylation is 1. The lowest BCUT2D eigenvalue weighted by Gasteiger charge is -2.31. The molecule has 1 aromatic heterocycles. The number of aromatic nitrogens is 1. The number of halogens is 4. The van der Waals surface area contributed by atoms with E-state index in [9.17, 15) is 17.6 Å². The van der Waals surface area contributed by atoms with Crippen molar-refractivity contribution in [3.05, 3.63) is 94.8 Å². The van der Waals surface area contributed by atoms with Crippen molar-refractivity contribution in [3.8, 4) is 0 Å². The number of fused-ring (bicyclic) bond motifs is 1. The second kappa shape index (κ2) is 7.19. The van der Waals surface area contributed by atoms with Crippen molar-refractivity contribution in [3.63, 3.8) is 0 Å².